The van der Waals surface area contributed by atoms with Crippen molar-refractivity contribution in [3.63, 3.8) is 0 Å². The van der Waals surface area contributed by atoms with Crippen LogP contribution >= 0.6 is 0 Å². The van der Waals surface area contributed by atoms with Crippen LogP contribution in [0.4, 0.5) is 0 Å². The minimum Gasteiger partial charge on any atom is -0.366 e. The molecule has 1 saturated heterocycles. The molecule has 0 spiro atoms. The summed E-state index contributed by atoms with van der Waals surface area (Å²) in [5.41, 5.74) is 7.06. The van der Waals surface area contributed by atoms with Crippen molar-refractivity contribution in [3.05, 3.63) is 47.5 Å². The van der Waals surface area contributed by atoms with E-state index in [4.69, 9.17) is 5.73 Å². The number of piperidine rings is 1. The lowest BCUT2D eigenvalue weighted by molar-refractivity contribution is 0.0719. The van der Waals surface area contributed by atoms with Crippen LogP contribution in [-0.2, 0) is 6.42 Å². The van der Waals surface area contributed by atoms with Crippen molar-refractivity contribution in [1.82, 2.24) is 4.90 Å². The molecule has 0 atom stereocenters. The van der Waals surface area contributed by atoms with Gasteiger partial charge in [-0.05, 0) is 43.4 Å². The van der Waals surface area contributed by atoms with Crippen molar-refractivity contribution in [3.8, 4) is 0 Å². The van der Waals surface area contributed by atoms with Gasteiger partial charge in [-0.1, -0.05) is 12.1 Å². The maximum absolute atomic E-state index is 12.5. The van der Waals surface area contributed by atoms with Crippen LogP contribution in [-0.4, -0.2) is 29.8 Å². The number of allylic oxidation sites excluding steroid dienone is 1. The first-order valence-electron chi connectivity index (χ1n) is 6.96. The number of nitrogens with zero attached hydrogens (tertiary/aromatic N) is 1. The van der Waals surface area contributed by atoms with Crippen LogP contribution in [0.1, 0.15) is 45.5 Å². The Morgan fingerprint density at radius 3 is 2.50 bits per heavy atom. The maximum atomic E-state index is 12.5. The quantitative estimate of drug-likeness (QED) is 0.853. The van der Waals surface area contributed by atoms with Crippen molar-refractivity contribution < 1.29 is 9.59 Å². The average Bonchev–Trinajstić information content (AvgIpc) is 2.47. The number of amides is 2. The molecule has 2 rings (SSSR count). The van der Waals surface area contributed by atoms with E-state index < -0.39 is 5.91 Å². The standard InChI is InChI=1S/C16H20N2O2/c1-2-6-12-7-8-13(14(11-12)15(17)19)16(20)18-9-4-3-5-10-18/h2,7-8,11H,1,3-6,9-10H2,(H2,17,19). The number of benzene rings is 1. The smallest absolute Gasteiger partial charge is 0.254 e. The number of nitrogens with two attached hydrogens (primary N) is 1. The molecule has 4 heteroatoms. The zero-order valence-corrected chi connectivity index (χ0v) is 11.6. The molecular formula is C16H20N2O2. The number of likely N-dealkylation sites (tertiary alicyclic amines) is 1. The van der Waals surface area contributed by atoms with Gasteiger partial charge in [0, 0.05) is 13.1 Å². The second kappa shape index (κ2) is 6.37. The second-order valence-electron chi connectivity index (χ2n) is 5.09. The largest absolute Gasteiger partial charge is 0.366 e. The summed E-state index contributed by atoms with van der Waals surface area (Å²) in [5, 5.41) is 0. The first-order chi connectivity index (χ1) is 9.63. The van der Waals surface area contributed by atoms with Crippen molar-refractivity contribution in [2.75, 3.05) is 13.1 Å². The minimum absolute atomic E-state index is 0.0938. The molecule has 106 valence electrons. The van der Waals surface area contributed by atoms with E-state index >= 15 is 0 Å². The Morgan fingerprint density at radius 2 is 1.90 bits per heavy atom. The number of primary amides is 1. The van der Waals surface area contributed by atoms with E-state index in [0.717, 1.165) is 37.9 Å². The van der Waals surface area contributed by atoms with E-state index in [2.05, 4.69) is 6.58 Å². The zero-order valence-electron chi connectivity index (χ0n) is 11.6. The molecule has 0 radical (unpaired) electrons. The van der Waals surface area contributed by atoms with Gasteiger partial charge in [0.2, 0.25) is 5.91 Å². The molecule has 0 unspecified atom stereocenters. The number of hydrogen-bond acceptors (Lipinski definition) is 2. The van der Waals surface area contributed by atoms with Gasteiger partial charge in [-0.15, -0.1) is 6.58 Å². The van der Waals surface area contributed by atoms with Crippen LogP contribution in [0.3, 0.4) is 0 Å². The summed E-state index contributed by atoms with van der Waals surface area (Å²) in [7, 11) is 0. The molecular weight excluding hydrogens is 252 g/mol. The number of hydrogen-bond donors (Lipinski definition) is 1. The Bertz CT molecular complexity index is 531. The summed E-state index contributed by atoms with van der Waals surface area (Å²) in [4.78, 5) is 25.9. The second-order valence-corrected chi connectivity index (χ2v) is 5.09. The molecule has 20 heavy (non-hydrogen) atoms. The molecule has 1 aromatic carbocycles. The minimum atomic E-state index is -0.559. The van der Waals surface area contributed by atoms with Crippen LogP contribution in [0.5, 0.6) is 0 Å². The van der Waals surface area contributed by atoms with E-state index in [1.54, 1.807) is 23.1 Å². The van der Waals surface area contributed by atoms with Crippen LogP contribution in [0, 0.1) is 0 Å². The van der Waals surface area contributed by atoms with E-state index in [1.165, 1.54) is 0 Å². The van der Waals surface area contributed by atoms with Gasteiger partial charge in [-0.3, -0.25) is 9.59 Å². The lowest BCUT2D eigenvalue weighted by Gasteiger charge is -2.27. The summed E-state index contributed by atoms with van der Waals surface area (Å²) in [6.07, 6.45) is 5.60. The fourth-order valence-electron chi connectivity index (χ4n) is 2.54. The fraction of sp³-hybridized carbons (Fsp3) is 0.375. The molecule has 2 N–H and O–H groups in total. The summed E-state index contributed by atoms with van der Waals surface area (Å²) < 4.78 is 0. The summed E-state index contributed by atoms with van der Waals surface area (Å²) in [6.45, 7) is 5.18. The molecule has 2 amide bonds. The summed E-state index contributed by atoms with van der Waals surface area (Å²) >= 11 is 0. The summed E-state index contributed by atoms with van der Waals surface area (Å²) in [5.74, 6) is -0.653. The van der Waals surface area contributed by atoms with E-state index in [0.29, 0.717) is 17.5 Å². The SMILES string of the molecule is C=CCc1ccc(C(=O)N2CCCCC2)c(C(N)=O)c1. The number of carbonyl (C=O) groups is 2. The highest BCUT2D eigenvalue weighted by Gasteiger charge is 2.22. The number of carbonyl (C=O) groups excluding carboxylic acids is 2. The van der Waals surface area contributed by atoms with Crippen molar-refractivity contribution in [2.24, 2.45) is 5.73 Å². The lowest BCUT2D eigenvalue weighted by Crippen LogP contribution is -2.36. The first-order valence-corrected chi connectivity index (χ1v) is 6.96. The van der Waals surface area contributed by atoms with Gasteiger partial charge in [0.05, 0.1) is 11.1 Å². The van der Waals surface area contributed by atoms with E-state index in [1.807, 2.05) is 6.07 Å². The Labute approximate surface area is 119 Å². The van der Waals surface area contributed by atoms with Crippen molar-refractivity contribution in [2.45, 2.75) is 25.7 Å². The zero-order chi connectivity index (χ0) is 14.5. The van der Waals surface area contributed by atoms with Crippen LogP contribution in [0.25, 0.3) is 0 Å². The van der Waals surface area contributed by atoms with Gasteiger partial charge in [0.1, 0.15) is 0 Å². The first kappa shape index (κ1) is 14.3. The van der Waals surface area contributed by atoms with Gasteiger partial charge in [-0.2, -0.15) is 0 Å². The Hall–Kier alpha value is -2.10. The Balaban J connectivity index is 2.31. The van der Waals surface area contributed by atoms with Crippen LogP contribution in [0.2, 0.25) is 0 Å². The van der Waals surface area contributed by atoms with Crippen LogP contribution < -0.4 is 5.73 Å². The third-order valence-electron chi connectivity index (χ3n) is 3.60. The predicted octanol–water partition coefficient (Wildman–Crippen LogP) is 2.14. The van der Waals surface area contributed by atoms with Crippen molar-refractivity contribution >= 4 is 11.8 Å². The van der Waals surface area contributed by atoms with Crippen molar-refractivity contribution in [1.29, 1.82) is 0 Å². The molecule has 1 fully saturated rings. The van der Waals surface area contributed by atoms with E-state index in [-0.39, 0.29) is 5.91 Å². The normalized spacial score (nSPS) is 14.9. The average molecular weight is 272 g/mol. The van der Waals surface area contributed by atoms with Gasteiger partial charge in [0.25, 0.3) is 5.91 Å². The highest BCUT2D eigenvalue weighted by molar-refractivity contribution is 6.06. The summed E-state index contributed by atoms with van der Waals surface area (Å²) in [6, 6.07) is 5.25. The molecule has 0 bridgehead atoms. The lowest BCUT2D eigenvalue weighted by atomic mass is 9.99. The topological polar surface area (TPSA) is 63.4 Å². The molecule has 4 nitrogen and oxygen atoms in total. The third-order valence-corrected chi connectivity index (χ3v) is 3.60. The molecule has 0 aliphatic carbocycles. The molecule has 0 aromatic heterocycles. The van der Waals surface area contributed by atoms with E-state index in [9.17, 15) is 9.59 Å². The molecule has 1 aliphatic rings. The highest BCUT2D eigenvalue weighted by atomic mass is 16.2. The third kappa shape index (κ3) is 3.07. The number of rotatable bonds is 4. The van der Waals surface area contributed by atoms with Gasteiger partial charge in [-0.25, -0.2) is 0 Å². The predicted molar refractivity (Wildman–Crippen MR) is 78.6 cm³/mol. The highest BCUT2D eigenvalue weighted by Crippen LogP contribution is 2.18. The molecule has 0 saturated carbocycles. The molecule has 1 heterocycles. The molecule has 1 aromatic rings. The van der Waals surface area contributed by atoms with Gasteiger partial charge < -0.3 is 10.6 Å². The molecule has 1 aliphatic heterocycles. The van der Waals surface area contributed by atoms with Gasteiger partial charge in [0.15, 0.2) is 0 Å². The Morgan fingerprint density at radius 1 is 1.20 bits per heavy atom. The van der Waals surface area contributed by atoms with Crippen LogP contribution in [0.15, 0.2) is 30.9 Å². The van der Waals surface area contributed by atoms with Gasteiger partial charge >= 0.3 is 0 Å². The maximum Gasteiger partial charge on any atom is 0.254 e. The fourth-order valence-corrected chi connectivity index (χ4v) is 2.54. The monoisotopic (exact) mass is 272 g/mol. The Kier molecular flexibility index (Phi) is 4.56.